The lowest BCUT2D eigenvalue weighted by atomic mass is 10.2. The summed E-state index contributed by atoms with van der Waals surface area (Å²) in [6, 6.07) is 17.8. The number of carbonyl (C=O) groups excluding carboxylic acids is 1. The Labute approximate surface area is 173 Å². The SMILES string of the molecule is C=CCn1c(SCCC(=O)Nc2ccccc2SC)nnc1-c1ccccc1. The average Bonchev–Trinajstić information content (AvgIpc) is 3.12. The number of benzene rings is 2. The van der Waals surface area contributed by atoms with Gasteiger partial charge in [-0.15, -0.1) is 28.5 Å². The molecule has 144 valence electrons. The number of carbonyl (C=O) groups is 1. The Kier molecular flexibility index (Phi) is 7.33. The molecule has 1 heterocycles. The highest BCUT2D eigenvalue weighted by Gasteiger charge is 2.14. The molecule has 5 nitrogen and oxygen atoms in total. The first-order chi connectivity index (χ1) is 13.7. The molecular formula is C21H22N4OS2. The second-order valence-electron chi connectivity index (χ2n) is 5.92. The number of para-hydroxylation sites is 1. The summed E-state index contributed by atoms with van der Waals surface area (Å²) in [5.74, 6) is 1.42. The van der Waals surface area contributed by atoms with Crippen LogP contribution in [0.5, 0.6) is 0 Å². The van der Waals surface area contributed by atoms with Crippen molar-refractivity contribution in [1.82, 2.24) is 14.8 Å². The Morgan fingerprint density at radius 1 is 1.14 bits per heavy atom. The van der Waals surface area contributed by atoms with Crippen molar-refractivity contribution in [3.8, 4) is 11.4 Å². The fraction of sp³-hybridized carbons (Fsp3) is 0.190. The third kappa shape index (κ3) is 5.05. The minimum Gasteiger partial charge on any atom is -0.325 e. The van der Waals surface area contributed by atoms with E-state index in [-0.39, 0.29) is 5.91 Å². The zero-order chi connectivity index (χ0) is 19.8. The molecule has 0 aliphatic heterocycles. The van der Waals surface area contributed by atoms with E-state index >= 15 is 0 Å². The molecule has 1 amide bonds. The highest BCUT2D eigenvalue weighted by atomic mass is 32.2. The molecule has 3 aromatic rings. The van der Waals surface area contributed by atoms with Gasteiger partial charge in [0, 0.05) is 29.2 Å². The minimum absolute atomic E-state index is 0.00734. The van der Waals surface area contributed by atoms with Crippen LogP contribution in [0.2, 0.25) is 0 Å². The molecule has 0 saturated heterocycles. The first-order valence-electron chi connectivity index (χ1n) is 8.88. The van der Waals surface area contributed by atoms with Crippen LogP contribution in [0.15, 0.2) is 77.3 Å². The molecule has 0 atom stereocenters. The Bertz CT molecular complexity index is 941. The Hall–Kier alpha value is -2.51. The van der Waals surface area contributed by atoms with Crippen molar-refractivity contribution in [3.63, 3.8) is 0 Å². The number of thioether (sulfide) groups is 2. The van der Waals surface area contributed by atoms with Crippen molar-refractivity contribution in [2.24, 2.45) is 0 Å². The van der Waals surface area contributed by atoms with Gasteiger partial charge in [-0.1, -0.05) is 60.3 Å². The maximum Gasteiger partial charge on any atom is 0.225 e. The van der Waals surface area contributed by atoms with Gasteiger partial charge in [-0.2, -0.15) is 0 Å². The highest BCUT2D eigenvalue weighted by Crippen LogP contribution is 2.26. The minimum atomic E-state index is -0.00734. The van der Waals surface area contributed by atoms with Crippen LogP contribution in [0, 0.1) is 0 Å². The third-order valence-corrected chi connectivity index (χ3v) is 5.77. The normalized spacial score (nSPS) is 10.6. The van der Waals surface area contributed by atoms with Gasteiger partial charge in [-0.3, -0.25) is 9.36 Å². The van der Waals surface area contributed by atoms with Crippen molar-refractivity contribution in [2.75, 3.05) is 17.3 Å². The molecule has 3 rings (SSSR count). The van der Waals surface area contributed by atoms with Gasteiger partial charge in [-0.05, 0) is 18.4 Å². The molecule has 0 fully saturated rings. The predicted molar refractivity (Wildman–Crippen MR) is 118 cm³/mol. The van der Waals surface area contributed by atoms with E-state index < -0.39 is 0 Å². The molecule has 0 radical (unpaired) electrons. The van der Waals surface area contributed by atoms with Gasteiger partial charge in [0.1, 0.15) is 0 Å². The second-order valence-corrected chi connectivity index (χ2v) is 7.83. The fourth-order valence-corrected chi connectivity index (χ4v) is 4.12. The highest BCUT2D eigenvalue weighted by molar-refractivity contribution is 7.99. The van der Waals surface area contributed by atoms with Crippen LogP contribution in [-0.2, 0) is 11.3 Å². The number of rotatable bonds is 9. The zero-order valence-electron chi connectivity index (χ0n) is 15.7. The van der Waals surface area contributed by atoms with E-state index in [2.05, 4.69) is 22.1 Å². The number of aromatic nitrogens is 3. The van der Waals surface area contributed by atoms with Crippen molar-refractivity contribution in [1.29, 1.82) is 0 Å². The standard InChI is InChI=1S/C21H22N4OS2/c1-3-14-25-20(16-9-5-4-6-10-16)23-24-21(25)28-15-13-19(26)22-17-11-7-8-12-18(17)27-2/h3-12H,1,13-15H2,2H3,(H,22,26). The number of amides is 1. The number of allylic oxidation sites excluding steroid dienone is 1. The van der Waals surface area contributed by atoms with Crippen LogP contribution in [0.25, 0.3) is 11.4 Å². The predicted octanol–water partition coefficient (Wildman–Crippen LogP) is 4.97. The second kappa shape index (κ2) is 10.1. The Balaban J connectivity index is 1.62. The van der Waals surface area contributed by atoms with Crippen LogP contribution >= 0.6 is 23.5 Å². The van der Waals surface area contributed by atoms with Crippen LogP contribution in [-0.4, -0.2) is 32.7 Å². The van der Waals surface area contributed by atoms with E-state index in [1.165, 1.54) is 11.8 Å². The number of hydrogen-bond donors (Lipinski definition) is 1. The fourth-order valence-electron chi connectivity index (χ4n) is 2.69. The van der Waals surface area contributed by atoms with Gasteiger partial charge in [0.25, 0.3) is 0 Å². The van der Waals surface area contributed by atoms with Crippen molar-refractivity contribution < 1.29 is 4.79 Å². The first kappa shape index (κ1) is 20.2. The molecular weight excluding hydrogens is 388 g/mol. The van der Waals surface area contributed by atoms with Crippen molar-refractivity contribution in [2.45, 2.75) is 23.0 Å². The number of hydrogen-bond acceptors (Lipinski definition) is 5. The molecule has 0 bridgehead atoms. The van der Waals surface area contributed by atoms with Crippen LogP contribution < -0.4 is 5.32 Å². The summed E-state index contributed by atoms with van der Waals surface area (Å²) in [7, 11) is 0. The molecule has 2 aromatic carbocycles. The summed E-state index contributed by atoms with van der Waals surface area (Å²) in [6.07, 6.45) is 4.22. The topological polar surface area (TPSA) is 59.8 Å². The summed E-state index contributed by atoms with van der Waals surface area (Å²) < 4.78 is 2.02. The summed E-state index contributed by atoms with van der Waals surface area (Å²) in [5.41, 5.74) is 1.86. The molecule has 28 heavy (non-hydrogen) atoms. The number of nitrogens with zero attached hydrogens (tertiary/aromatic N) is 3. The van der Waals surface area contributed by atoms with E-state index in [0.717, 1.165) is 27.1 Å². The smallest absolute Gasteiger partial charge is 0.225 e. The van der Waals surface area contributed by atoms with Gasteiger partial charge < -0.3 is 5.32 Å². The van der Waals surface area contributed by atoms with Crippen molar-refractivity contribution >= 4 is 35.1 Å². The zero-order valence-corrected chi connectivity index (χ0v) is 17.3. The first-order valence-corrected chi connectivity index (χ1v) is 11.1. The molecule has 0 aliphatic rings. The maximum atomic E-state index is 12.3. The van der Waals surface area contributed by atoms with E-state index in [1.807, 2.05) is 71.5 Å². The Morgan fingerprint density at radius 3 is 2.64 bits per heavy atom. The lowest BCUT2D eigenvalue weighted by molar-refractivity contribution is -0.115. The number of anilines is 1. The summed E-state index contributed by atoms with van der Waals surface area (Å²) in [6.45, 7) is 4.45. The Morgan fingerprint density at radius 2 is 1.89 bits per heavy atom. The van der Waals surface area contributed by atoms with E-state index in [4.69, 9.17) is 0 Å². The molecule has 7 heteroatoms. The van der Waals surface area contributed by atoms with Crippen molar-refractivity contribution in [3.05, 3.63) is 67.3 Å². The van der Waals surface area contributed by atoms with E-state index in [1.54, 1.807) is 11.8 Å². The molecule has 1 aromatic heterocycles. The van der Waals surface area contributed by atoms with Gasteiger partial charge in [0.15, 0.2) is 11.0 Å². The van der Waals surface area contributed by atoms with Gasteiger partial charge in [0.2, 0.25) is 5.91 Å². The van der Waals surface area contributed by atoms with Gasteiger partial charge in [0.05, 0.1) is 5.69 Å². The van der Waals surface area contributed by atoms with E-state index in [9.17, 15) is 4.79 Å². The molecule has 0 aliphatic carbocycles. The molecule has 0 unspecified atom stereocenters. The maximum absolute atomic E-state index is 12.3. The van der Waals surface area contributed by atoms with Crippen LogP contribution in [0.4, 0.5) is 5.69 Å². The number of nitrogens with one attached hydrogen (secondary N) is 1. The lowest BCUT2D eigenvalue weighted by Crippen LogP contribution is -2.13. The summed E-state index contributed by atoms with van der Waals surface area (Å²) >= 11 is 3.14. The lowest BCUT2D eigenvalue weighted by Gasteiger charge is -2.09. The summed E-state index contributed by atoms with van der Waals surface area (Å²) in [5, 5.41) is 12.4. The monoisotopic (exact) mass is 410 g/mol. The largest absolute Gasteiger partial charge is 0.325 e. The van der Waals surface area contributed by atoms with Gasteiger partial charge >= 0.3 is 0 Å². The van der Waals surface area contributed by atoms with Crippen LogP contribution in [0.3, 0.4) is 0 Å². The van der Waals surface area contributed by atoms with Crippen LogP contribution in [0.1, 0.15) is 6.42 Å². The average molecular weight is 411 g/mol. The third-order valence-electron chi connectivity index (χ3n) is 4.00. The molecule has 0 spiro atoms. The summed E-state index contributed by atoms with van der Waals surface area (Å²) in [4.78, 5) is 13.4. The quantitative estimate of drug-likeness (QED) is 0.398. The van der Waals surface area contributed by atoms with E-state index in [0.29, 0.717) is 18.7 Å². The van der Waals surface area contributed by atoms with Gasteiger partial charge in [-0.25, -0.2) is 0 Å². The molecule has 0 saturated carbocycles. The molecule has 1 N–H and O–H groups in total.